The van der Waals surface area contributed by atoms with Crippen molar-refractivity contribution in [1.82, 2.24) is 9.97 Å². The molecule has 0 saturated carbocycles. The molecule has 2 rings (SSSR count). The molecule has 2 heterocycles. The average Bonchev–Trinajstić information content (AvgIpc) is 2.26. The maximum Gasteiger partial charge on any atom is 0.433 e. The first-order valence-electron chi connectivity index (χ1n) is 4.99. The summed E-state index contributed by atoms with van der Waals surface area (Å²) in [5.41, 5.74) is 4.85. The lowest BCUT2D eigenvalue weighted by Gasteiger charge is -2.08. The van der Waals surface area contributed by atoms with Crippen LogP contribution in [0.4, 0.5) is 18.9 Å². The molecule has 8 heteroatoms. The Hall–Kier alpha value is -2.02. The fraction of sp³-hybridized carbons (Fsp3) is 0.0909. The molecule has 0 amide bonds. The molecule has 0 atom stereocenters. The predicted molar refractivity (Wildman–Crippen MR) is 63.0 cm³/mol. The molecule has 2 aromatic rings. The van der Waals surface area contributed by atoms with Crippen LogP contribution in [0.2, 0.25) is 5.15 Å². The van der Waals surface area contributed by atoms with Crippen LogP contribution in [0, 0.1) is 0 Å². The first-order chi connectivity index (χ1) is 8.84. The second kappa shape index (κ2) is 4.93. The van der Waals surface area contributed by atoms with Crippen molar-refractivity contribution in [2.24, 2.45) is 0 Å². The zero-order valence-corrected chi connectivity index (χ0v) is 10.0. The number of aromatic nitrogens is 2. The van der Waals surface area contributed by atoms with Crippen LogP contribution >= 0.6 is 11.6 Å². The first kappa shape index (κ1) is 13.4. The second-order valence-electron chi connectivity index (χ2n) is 3.54. The number of anilines is 1. The number of nitrogens with two attached hydrogens (primary N) is 1. The van der Waals surface area contributed by atoms with Crippen LogP contribution in [-0.2, 0) is 6.18 Å². The van der Waals surface area contributed by atoms with Gasteiger partial charge in [0.1, 0.15) is 16.6 Å². The number of ether oxygens (including phenoxy) is 1. The average molecular weight is 290 g/mol. The van der Waals surface area contributed by atoms with Crippen LogP contribution in [0.5, 0.6) is 11.6 Å². The Balaban J connectivity index is 2.20. The van der Waals surface area contributed by atoms with Crippen molar-refractivity contribution in [3.8, 4) is 11.6 Å². The lowest BCUT2D eigenvalue weighted by atomic mass is 10.3. The molecule has 0 aliphatic heterocycles. The Kier molecular flexibility index (Phi) is 3.48. The van der Waals surface area contributed by atoms with Gasteiger partial charge in [-0.15, -0.1) is 0 Å². The summed E-state index contributed by atoms with van der Waals surface area (Å²) in [6.45, 7) is 0. The summed E-state index contributed by atoms with van der Waals surface area (Å²) in [5.74, 6) is 0.175. The third-order valence-electron chi connectivity index (χ3n) is 2.04. The molecule has 19 heavy (non-hydrogen) atoms. The van der Waals surface area contributed by atoms with Crippen LogP contribution in [-0.4, -0.2) is 9.97 Å². The minimum absolute atomic E-state index is 0.0755. The summed E-state index contributed by atoms with van der Waals surface area (Å²) in [7, 11) is 0. The lowest BCUT2D eigenvalue weighted by Crippen LogP contribution is -2.07. The molecule has 0 spiro atoms. The van der Waals surface area contributed by atoms with Crippen LogP contribution in [0.1, 0.15) is 5.69 Å². The van der Waals surface area contributed by atoms with Gasteiger partial charge < -0.3 is 10.5 Å². The Morgan fingerprint density at radius 1 is 1.21 bits per heavy atom. The van der Waals surface area contributed by atoms with E-state index < -0.39 is 11.9 Å². The second-order valence-corrected chi connectivity index (χ2v) is 3.93. The van der Waals surface area contributed by atoms with Gasteiger partial charge in [-0.1, -0.05) is 11.6 Å². The van der Waals surface area contributed by atoms with E-state index in [1.807, 2.05) is 0 Å². The Morgan fingerprint density at radius 2 is 1.95 bits per heavy atom. The maximum absolute atomic E-state index is 12.3. The van der Waals surface area contributed by atoms with E-state index in [4.69, 9.17) is 22.1 Å². The van der Waals surface area contributed by atoms with Crippen molar-refractivity contribution in [2.45, 2.75) is 6.18 Å². The number of halogens is 4. The third-order valence-corrected chi connectivity index (χ3v) is 2.24. The summed E-state index contributed by atoms with van der Waals surface area (Å²) >= 11 is 5.67. The molecule has 0 aromatic carbocycles. The first-order valence-corrected chi connectivity index (χ1v) is 5.36. The molecule has 0 fully saturated rings. The SMILES string of the molecule is Nc1cc(Cl)nc(Oc2ccc(C(F)(F)F)nc2)c1. The third kappa shape index (κ3) is 3.47. The highest BCUT2D eigenvalue weighted by molar-refractivity contribution is 6.29. The number of nitrogen functional groups attached to an aromatic ring is 1. The molecule has 2 N–H and O–H groups in total. The van der Waals surface area contributed by atoms with E-state index >= 15 is 0 Å². The quantitative estimate of drug-likeness (QED) is 0.859. The Labute approximate surface area is 111 Å². The van der Waals surface area contributed by atoms with Crippen LogP contribution in [0.25, 0.3) is 0 Å². The molecule has 0 unspecified atom stereocenters. The van der Waals surface area contributed by atoms with Crippen molar-refractivity contribution < 1.29 is 17.9 Å². The zero-order valence-electron chi connectivity index (χ0n) is 9.28. The number of rotatable bonds is 2. The van der Waals surface area contributed by atoms with E-state index in [0.717, 1.165) is 18.3 Å². The molecular formula is C11H7ClF3N3O. The van der Waals surface area contributed by atoms with Gasteiger partial charge in [-0.05, 0) is 18.2 Å². The van der Waals surface area contributed by atoms with Crippen LogP contribution in [0.3, 0.4) is 0 Å². The van der Waals surface area contributed by atoms with Gasteiger partial charge >= 0.3 is 6.18 Å². The fourth-order valence-corrected chi connectivity index (χ4v) is 1.48. The number of hydrogen-bond donors (Lipinski definition) is 1. The molecular weight excluding hydrogens is 283 g/mol. The van der Waals surface area contributed by atoms with Gasteiger partial charge in [0, 0.05) is 11.8 Å². The molecule has 2 aromatic heterocycles. The summed E-state index contributed by atoms with van der Waals surface area (Å²) in [4.78, 5) is 7.06. The van der Waals surface area contributed by atoms with Gasteiger partial charge in [0.2, 0.25) is 5.88 Å². The molecule has 100 valence electrons. The highest BCUT2D eigenvalue weighted by Crippen LogP contribution is 2.29. The van der Waals surface area contributed by atoms with Gasteiger partial charge in [-0.3, -0.25) is 0 Å². The van der Waals surface area contributed by atoms with E-state index in [1.54, 1.807) is 0 Å². The van der Waals surface area contributed by atoms with Crippen molar-refractivity contribution in [3.63, 3.8) is 0 Å². The highest BCUT2D eigenvalue weighted by Gasteiger charge is 2.32. The molecule has 4 nitrogen and oxygen atoms in total. The Morgan fingerprint density at radius 3 is 2.47 bits per heavy atom. The molecule has 0 bridgehead atoms. The summed E-state index contributed by atoms with van der Waals surface area (Å²) in [6.07, 6.45) is -3.54. The van der Waals surface area contributed by atoms with Crippen molar-refractivity contribution in [2.75, 3.05) is 5.73 Å². The number of pyridine rings is 2. The molecule has 0 aliphatic rings. The smallest absolute Gasteiger partial charge is 0.433 e. The predicted octanol–water partition coefficient (Wildman–Crippen LogP) is 3.52. The number of nitrogens with zero attached hydrogens (tertiary/aromatic N) is 2. The zero-order chi connectivity index (χ0) is 14.0. The molecule has 0 aliphatic carbocycles. The minimum atomic E-state index is -4.49. The molecule has 0 radical (unpaired) electrons. The normalized spacial score (nSPS) is 11.4. The fourth-order valence-electron chi connectivity index (χ4n) is 1.27. The lowest BCUT2D eigenvalue weighted by molar-refractivity contribution is -0.141. The van der Waals surface area contributed by atoms with Crippen molar-refractivity contribution in [1.29, 1.82) is 0 Å². The van der Waals surface area contributed by atoms with Crippen molar-refractivity contribution in [3.05, 3.63) is 41.3 Å². The Bertz CT molecular complexity index is 566. The van der Waals surface area contributed by atoms with E-state index in [9.17, 15) is 13.2 Å². The summed E-state index contributed by atoms with van der Waals surface area (Å²) in [5, 5.41) is 0.120. The van der Waals surface area contributed by atoms with E-state index in [-0.39, 0.29) is 16.8 Å². The largest absolute Gasteiger partial charge is 0.437 e. The summed E-state index contributed by atoms with van der Waals surface area (Å²) in [6, 6.07) is 4.75. The van der Waals surface area contributed by atoms with E-state index in [0.29, 0.717) is 5.69 Å². The topological polar surface area (TPSA) is 61.0 Å². The van der Waals surface area contributed by atoms with Gasteiger partial charge in [-0.2, -0.15) is 13.2 Å². The maximum atomic E-state index is 12.3. The van der Waals surface area contributed by atoms with Gasteiger partial charge in [0.05, 0.1) is 6.20 Å². The number of hydrogen-bond acceptors (Lipinski definition) is 4. The van der Waals surface area contributed by atoms with Gasteiger partial charge in [0.25, 0.3) is 0 Å². The van der Waals surface area contributed by atoms with Crippen molar-refractivity contribution >= 4 is 17.3 Å². The monoisotopic (exact) mass is 289 g/mol. The highest BCUT2D eigenvalue weighted by atomic mass is 35.5. The summed E-state index contributed by atoms with van der Waals surface area (Å²) < 4.78 is 42.1. The molecule has 0 saturated heterocycles. The van der Waals surface area contributed by atoms with Gasteiger partial charge in [0.15, 0.2) is 0 Å². The van der Waals surface area contributed by atoms with Gasteiger partial charge in [-0.25, -0.2) is 9.97 Å². The minimum Gasteiger partial charge on any atom is -0.437 e. The van der Waals surface area contributed by atoms with E-state index in [2.05, 4.69) is 9.97 Å². The van der Waals surface area contributed by atoms with Crippen LogP contribution < -0.4 is 10.5 Å². The van der Waals surface area contributed by atoms with Crippen LogP contribution in [0.15, 0.2) is 30.5 Å². The van der Waals surface area contributed by atoms with E-state index in [1.165, 1.54) is 12.1 Å². The number of alkyl halides is 3. The standard InChI is InChI=1S/C11H7ClF3N3O/c12-9-3-6(16)4-10(18-9)19-7-1-2-8(17-5-7)11(13,14)15/h1-5H,(H2,16,18).